The maximum Gasteiger partial charge on any atom is 0.335 e. The minimum absolute atomic E-state index is 0.00577. The Kier molecular flexibility index (Phi) is 7.18. The van der Waals surface area contributed by atoms with Gasteiger partial charge in [-0.3, -0.25) is 9.69 Å². The number of benzene rings is 4. The molecule has 0 bridgehead atoms. The summed E-state index contributed by atoms with van der Waals surface area (Å²) in [6, 6.07) is 28.0. The molecule has 1 fully saturated rings. The molecule has 202 valence electrons. The van der Waals surface area contributed by atoms with E-state index in [1.165, 1.54) is 28.8 Å². The molecule has 0 unspecified atom stereocenters. The van der Waals surface area contributed by atoms with Crippen LogP contribution in [0.15, 0.2) is 91.0 Å². The topological polar surface area (TPSA) is 69.6 Å². The normalized spacial score (nSPS) is 18.1. The van der Waals surface area contributed by atoms with Crippen LogP contribution in [0.25, 0.3) is 11.1 Å². The number of nitrogens with one attached hydrogen (secondary N) is 1. The Balaban J connectivity index is 1.25. The van der Waals surface area contributed by atoms with Crippen LogP contribution in [-0.4, -0.2) is 28.4 Å². The summed E-state index contributed by atoms with van der Waals surface area (Å²) >= 11 is 0. The van der Waals surface area contributed by atoms with Crippen molar-refractivity contribution < 1.29 is 19.1 Å². The standard InChI is InChI=1S/C34H31FN2O3/c35-27-12-9-22(10-13-27)20-37-16-15-29-28(24-7-4-8-25(17-24)34(39)40)14-11-26(32(29)21-37)19-36-33(38)31-18-30(31)23-5-2-1-3-6-23/h1-14,17,30-31H,15-16,18-21H2,(H,36,38)(H,39,40)/t30-,31-/m1/s1. The molecule has 1 heterocycles. The molecule has 6 heteroatoms. The molecule has 5 nitrogen and oxygen atoms in total. The molecule has 1 amide bonds. The molecule has 0 spiro atoms. The lowest BCUT2D eigenvalue weighted by atomic mass is 9.87. The second kappa shape index (κ2) is 11.1. The van der Waals surface area contributed by atoms with E-state index in [2.05, 4.69) is 34.5 Å². The number of carbonyl (C=O) groups excluding carboxylic acids is 1. The van der Waals surface area contributed by atoms with Crippen LogP contribution in [0.1, 0.15) is 50.5 Å². The zero-order valence-corrected chi connectivity index (χ0v) is 22.1. The van der Waals surface area contributed by atoms with Crippen molar-refractivity contribution >= 4 is 11.9 Å². The number of carbonyl (C=O) groups is 2. The fourth-order valence-electron chi connectivity index (χ4n) is 5.90. The third-order valence-electron chi connectivity index (χ3n) is 8.14. The van der Waals surface area contributed by atoms with Gasteiger partial charge in [0.15, 0.2) is 0 Å². The van der Waals surface area contributed by atoms with Gasteiger partial charge in [0.05, 0.1) is 5.56 Å². The number of rotatable bonds is 8. The van der Waals surface area contributed by atoms with E-state index in [1.807, 2.05) is 36.4 Å². The number of carboxylic acids is 1. The van der Waals surface area contributed by atoms with E-state index in [-0.39, 0.29) is 29.1 Å². The van der Waals surface area contributed by atoms with Gasteiger partial charge in [0.2, 0.25) is 5.91 Å². The number of hydrogen-bond acceptors (Lipinski definition) is 3. The Hall–Kier alpha value is -4.29. The molecule has 40 heavy (non-hydrogen) atoms. The van der Waals surface area contributed by atoms with Crippen molar-refractivity contribution in [3.63, 3.8) is 0 Å². The average Bonchev–Trinajstić information content (AvgIpc) is 3.79. The second-order valence-corrected chi connectivity index (χ2v) is 10.8. The molecule has 0 radical (unpaired) electrons. The molecular weight excluding hydrogens is 503 g/mol. The number of amides is 1. The number of fused-ring (bicyclic) bond motifs is 1. The monoisotopic (exact) mass is 534 g/mol. The Labute approximate surface area is 233 Å². The summed E-state index contributed by atoms with van der Waals surface area (Å²) in [6.45, 7) is 2.66. The van der Waals surface area contributed by atoms with Gasteiger partial charge in [0.1, 0.15) is 5.82 Å². The number of aromatic carboxylic acids is 1. The van der Waals surface area contributed by atoms with Gasteiger partial charge in [-0.05, 0) is 82.0 Å². The van der Waals surface area contributed by atoms with Crippen LogP contribution < -0.4 is 5.32 Å². The molecule has 1 aliphatic carbocycles. The minimum Gasteiger partial charge on any atom is -0.478 e. The lowest BCUT2D eigenvalue weighted by Gasteiger charge is -2.32. The van der Waals surface area contributed by atoms with Crippen molar-refractivity contribution in [3.8, 4) is 11.1 Å². The second-order valence-electron chi connectivity index (χ2n) is 10.8. The lowest BCUT2D eigenvalue weighted by molar-refractivity contribution is -0.122. The van der Waals surface area contributed by atoms with Gasteiger partial charge >= 0.3 is 5.97 Å². The van der Waals surface area contributed by atoms with Gasteiger partial charge in [-0.1, -0.05) is 66.7 Å². The molecule has 2 N–H and O–H groups in total. The summed E-state index contributed by atoms with van der Waals surface area (Å²) in [6.07, 6.45) is 1.67. The molecule has 2 atom stereocenters. The van der Waals surface area contributed by atoms with Gasteiger partial charge in [-0.25, -0.2) is 9.18 Å². The fraction of sp³-hybridized carbons (Fsp3) is 0.235. The summed E-state index contributed by atoms with van der Waals surface area (Å²) in [5.74, 6) is -0.824. The third kappa shape index (κ3) is 5.54. The molecule has 1 saturated carbocycles. The zero-order valence-electron chi connectivity index (χ0n) is 22.1. The molecule has 0 saturated heterocycles. The van der Waals surface area contributed by atoms with Gasteiger partial charge in [0.25, 0.3) is 0 Å². The predicted molar refractivity (Wildman–Crippen MR) is 152 cm³/mol. The van der Waals surface area contributed by atoms with Gasteiger partial charge in [-0.15, -0.1) is 0 Å². The van der Waals surface area contributed by atoms with Crippen LogP contribution in [0.5, 0.6) is 0 Å². The first-order valence-electron chi connectivity index (χ1n) is 13.7. The van der Waals surface area contributed by atoms with Gasteiger partial charge < -0.3 is 10.4 Å². The molecule has 4 aromatic carbocycles. The average molecular weight is 535 g/mol. The van der Waals surface area contributed by atoms with Crippen LogP contribution >= 0.6 is 0 Å². The molecule has 0 aromatic heterocycles. The predicted octanol–water partition coefficient (Wildman–Crippen LogP) is 6.17. The molecule has 4 aromatic rings. The van der Waals surface area contributed by atoms with Crippen molar-refractivity contribution in [2.45, 2.75) is 38.4 Å². The first-order valence-corrected chi connectivity index (χ1v) is 13.7. The molecule has 1 aliphatic heterocycles. The van der Waals surface area contributed by atoms with Crippen LogP contribution in [0.4, 0.5) is 4.39 Å². The van der Waals surface area contributed by atoms with E-state index >= 15 is 0 Å². The van der Waals surface area contributed by atoms with Gasteiger partial charge in [-0.2, -0.15) is 0 Å². The Morgan fingerprint density at radius 1 is 0.925 bits per heavy atom. The summed E-state index contributed by atoms with van der Waals surface area (Å²) in [7, 11) is 0. The smallest absolute Gasteiger partial charge is 0.335 e. The van der Waals surface area contributed by atoms with Crippen LogP contribution in [0, 0.1) is 11.7 Å². The van der Waals surface area contributed by atoms with Gasteiger partial charge in [0, 0.05) is 32.1 Å². The third-order valence-corrected chi connectivity index (χ3v) is 8.14. The maximum atomic E-state index is 13.4. The number of hydrogen-bond donors (Lipinski definition) is 2. The van der Waals surface area contributed by atoms with Crippen molar-refractivity contribution in [3.05, 3.63) is 130 Å². The summed E-state index contributed by atoms with van der Waals surface area (Å²) < 4.78 is 13.4. The van der Waals surface area contributed by atoms with Crippen LogP contribution in [0.3, 0.4) is 0 Å². The van der Waals surface area contributed by atoms with E-state index in [0.717, 1.165) is 41.6 Å². The van der Waals surface area contributed by atoms with Crippen molar-refractivity contribution in [2.24, 2.45) is 5.92 Å². The van der Waals surface area contributed by atoms with Crippen LogP contribution in [0.2, 0.25) is 0 Å². The Morgan fingerprint density at radius 2 is 1.73 bits per heavy atom. The van der Waals surface area contributed by atoms with Crippen molar-refractivity contribution in [1.29, 1.82) is 0 Å². The van der Waals surface area contributed by atoms with E-state index in [9.17, 15) is 19.1 Å². The van der Waals surface area contributed by atoms with Crippen molar-refractivity contribution in [2.75, 3.05) is 6.54 Å². The highest BCUT2D eigenvalue weighted by molar-refractivity contribution is 5.89. The SMILES string of the molecule is O=C(O)c1cccc(-c2ccc(CNC(=O)[C@@H]3C[C@@H]3c3ccccc3)c3c2CCN(Cc2ccc(F)cc2)C3)c1. The quantitative estimate of drug-likeness (QED) is 0.284. The molecule has 6 rings (SSSR count). The van der Waals surface area contributed by atoms with E-state index < -0.39 is 5.97 Å². The van der Waals surface area contributed by atoms with Crippen LogP contribution in [-0.2, 0) is 30.8 Å². The zero-order chi connectivity index (χ0) is 27.6. The first-order chi connectivity index (χ1) is 19.5. The lowest BCUT2D eigenvalue weighted by Crippen LogP contribution is -2.32. The van der Waals surface area contributed by atoms with E-state index in [4.69, 9.17) is 0 Å². The maximum absolute atomic E-state index is 13.4. The van der Waals surface area contributed by atoms with E-state index in [0.29, 0.717) is 19.6 Å². The minimum atomic E-state index is -0.950. The molecular formula is C34H31FN2O3. The number of nitrogens with zero attached hydrogens (tertiary/aromatic N) is 1. The summed E-state index contributed by atoms with van der Waals surface area (Å²) in [5.41, 5.74) is 7.86. The summed E-state index contributed by atoms with van der Waals surface area (Å²) in [4.78, 5) is 27.0. The highest BCUT2D eigenvalue weighted by Crippen LogP contribution is 2.47. The number of carboxylic acid groups (broad SMARTS) is 1. The molecule has 2 aliphatic rings. The Morgan fingerprint density at radius 3 is 2.50 bits per heavy atom. The fourth-order valence-corrected chi connectivity index (χ4v) is 5.90. The van der Waals surface area contributed by atoms with E-state index in [1.54, 1.807) is 18.2 Å². The Bertz CT molecular complexity index is 1550. The summed E-state index contributed by atoms with van der Waals surface area (Å²) in [5, 5.41) is 12.7. The highest BCUT2D eigenvalue weighted by Gasteiger charge is 2.43. The first kappa shape index (κ1) is 26.0. The highest BCUT2D eigenvalue weighted by atomic mass is 19.1. The number of halogens is 1. The van der Waals surface area contributed by atoms with Crippen molar-refractivity contribution in [1.82, 2.24) is 10.2 Å². The largest absolute Gasteiger partial charge is 0.478 e.